The van der Waals surface area contributed by atoms with Crippen LogP contribution in [0.4, 0.5) is 10.5 Å². The van der Waals surface area contributed by atoms with Gasteiger partial charge in [0.05, 0.1) is 0 Å². The van der Waals surface area contributed by atoms with E-state index in [1.54, 1.807) is 12.1 Å². The third-order valence-corrected chi connectivity index (χ3v) is 4.88. The van der Waals surface area contributed by atoms with Crippen LogP contribution in [-0.4, -0.2) is 30.4 Å². The van der Waals surface area contributed by atoms with Gasteiger partial charge < -0.3 is 20.8 Å². The van der Waals surface area contributed by atoms with Gasteiger partial charge in [-0.2, -0.15) is 0 Å². The molecule has 0 saturated heterocycles. The molecule has 3 N–H and O–H groups in total. The Kier molecular flexibility index (Phi) is 7.63. The summed E-state index contributed by atoms with van der Waals surface area (Å²) in [4.78, 5) is 30.5. The van der Waals surface area contributed by atoms with Crippen molar-refractivity contribution in [3.05, 3.63) is 64.6 Å². The lowest BCUT2D eigenvalue weighted by molar-refractivity contribution is -0.121. The number of hydrogen-bond donors (Lipinski definition) is 3. The van der Waals surface area contributed by atoms with Crippen LogP contribution in [0.3, 0.4) is 0 Å². The highest BCUT2D eigenvalue weighted by atomic mass is 79.9. The molecule has 2 aromatic carbocycles. The van der Waals surface area contributed by atoms with Gasteiger partial charge in [-0.1, -0.05) is 51.4 Å². The monoisotopic (exact) mass is 458 g/mol. The number of carbonyl (C=O) groups is 2. The van der Waals surface area contributed by atoms with E-state index in [4.69, 9.17) is 4.84 Å². The van der Waals surface area contributed by atoms with Crippen molar-refractivity contribution in [2.75, 3.05) is 11.9 Å². The molecule has 152 valence electrons. The van der Waals surface area contributed by atoms with E-state index < -0.39 is 12.1 Å². The molecule has 7 nitrogen and oxygen atoms in total. The molecule has 1 aliphatic rings. The van der Waals surface area contributed by atoms with Gasteiger partial charge in [-0.15, -0.1) is 0 Å². The number of nitrogens with one attached hydrogen (secondary N) is 3. The third kappa shape index (κ3) is 6.90. The van der Waals surface area contributed by atoms with Crippen molar-refractivity contribution in [2.45, 2.75) is 31.7 Å². The topological polar surface area (TPSA) is 91.8 Å². The van der Waals surface area contributed by atoms with Gasteiger partial charge in [0.15, 0.2) is 0 Å². The number of halogens is 1. The fourth-order valence-electron chi connectivity index (χ4n) is 2.86. The number of amides is 3. The molecular formula is C21H23BrN4O3. The summed E-state index contributed by atoms with van der Waals surface area (Å²) in [6.07, 6.45) is 2.77. The van der Waals surface area contributed by atoms with Gasteiger partial charge in [-0.3, -0.25) is 4.79 Å². The molecular weight excluding hydrogens is 436 g/mol. The van der Waals surface area contributed by atoms with E-state index in [-0.39, 0.29) is 5.91 Å². The summed E-state index contributed by atoms with van der Waals surface area (Å²) < 4.78 is 0.913. The lowest BCUT2D eigenvalue weighted by Gasteiger charge is -2.19. The Balaban J connectivity index is 1.67. The molecule has 3 rings (SSSR count). The van der Waals surface area contributed by atoms with Crippen LogP contribution in [0.25, 0.3) is 0 Å². The number of benzene rings is 2. The molecule has 0 spiro atoms. The smallest absolute Gasteiger partial charge is 0.319 e. The fourth-order valence-corrected chi connectivity index (χ4v) is 3.12. The molecule has 29 heavy (non-hydrogen) atoms. The van der Waals surface area contributed by atoms with E-state index in [0.717, 1.165) is 22.9 Å². The third-order valence-electron chi connectivity index (χ3n) is 4.35. The molecule has 1 atom stereocenters. The van der Waals surface area contributed by atoms with E-state index in [9.17, 15) is 9.59 Å². The predicted octanol–water partition coefficient (Wildman–Crippen LogP) is 3.81. The molecule has 0 aromatic heterocycles. The fraction of sp³-hybridized carbons (Fsp3) is 0.286. The molecule has 0 saturated carbocycles. The minimum atomic E-state index is -0.765. The van der Waals surface area contributed by atoms with Crippen LogP contribution in [-0.2, 0) is 16.1 Å². The van der Waals surface area contributed by atoms with E-state index in [2.05, 4.69) is 37.0 Å². The quantitative estimate of drug-likeness (QED) is 0.635. The van der Waals surface area contributed by atoms with Gasteiger partial charge in [-0.05, 0) is 42.7 Å². The van der Waals surface area contributed by atoms with Crippen LogP contribution < -0.4 is 16.0 Å². The Morgan fingerprint density at radius 1 is 1.03 bits per heavy atom. The van der Waals surface area contributed by atoms with Gasteiger partial charge in [-0.25, -0.2) is 4.79 Å². The molecule has 0 fully saturated rings. The van der Waals surface area contributed by atoms with Crippen LogP contribution in [0.2, 0.25) is 0 Å². The molecule has 0 radical (unpaired) electrons. The van der Waals surface area contributed by atoms with Gasteiger partial charge in [0.1, 0.15) is 18.5 Å². The van der Waals surface area contributed by atoms with Gasteiger partial charge >= 0.3 is 6.03 Å². The second-order valence-corrected chi connectivity index (χ2v) is 7.58. The Bertz CT molecular complexity index is 856. The van der Waals surface area contributed by atoms with Gasteiger partial charge in [0.25, 0.3) is 0 Å². The predicted molar refractivity (Wildman–Crippen MR) is 116 cm³/mol. The normalized spacial score (nSPS) is 14.6. The van der Waals surface area contributed by atoms with Crippen LogP contribution in [0.1, 0.15) is 24.8 Å². The molecule has 8 heteroatoms. The average molecular weight is 459 g/mol. The number of amidine groups is 1. The highest BCUT2D eigenvalue weighted by molar-refractivity contribution is 9.10. The zero-order valence-corrected chi connectivity index (χ0v) is 17.4. The molecule has 1 unspecified atom stereocenters. The molecule has 2 aromatic rings. The zero-order valence-electron chi connectivity index (χ0n) is 15.9. The molecule has 0 aliphatic carbocycles. The maximum Gasteiger partial charge on any atom is 0.319 e. The number of rotatable bonds is 5. The number of urea groups is 1. The van der Waals surface area contributed by atoms with Gasteiger partial charge in [0.2, 0.25) is 5.91 Å². The summed E-state index contributed by atoms with van der Waals surface area (Å²) in [5.41, 5.74) is 1.57. The van der Waals surface area contributed by atoms with Crippen molar-refractivity contribution in [2.24, 2.45) is 5.16 Å². The van der Waals surface area contributed by atoms with Crippen LogP contribution in [0.15, 0.2) is 64.2 Å². The minimum absolute atomic E-state index is 0.330. The maximum atomic E-state index is 12.9. The van der Waals surface area contributed by atoms with Crippen molar-refractivity contribution < 1.29 is 14.4 Å². The first-order chi connectivity index (χ1) is 14.1. The van der Waals surface area contributed by atoms with Crippen molar-refractivity contribution in [3.63, 3.8) is 0 Å². The number of nitrogens with zero attached hydrogens (tertiary/aromatic N) is 1. The Hall–Kier alpha value is -2.87. The first-order valence-electron chi connectivity index (χ1n) is 9.47. The van der Waals surface area contributed by atoms with Crippen LogP contribution >= 0.6 is 15.9 Å². The van der Waals surface area contributed by atoms with Crippen LogP contribution in [0.5, 0.6) is 0 Å². The standard InChI is InChI=1S/C21H23BrN4O3/c22-16-9-11-17(12-10-16)23-21(28)24-18(14-15-6-2-1-3-7-15)20(27)25-19-8-4-5-13-29-26-19/h1-3,6-7,9-12,18H,4-5,8,13-14H2,(H2,23,24,28)(H,25,26,27). The Morgan fingerprint density at radius 3 is 2.55 bits per heavy atom. The minimum Gasteiger partial charge on any atom is -0.394 e. The number of oxime groups is 1. The van der Waals surface area contributed by atoms with E-state index in [1.807, 2.05) is 42.5 Å². The summed E-state index contributed by atoms with van der Waals surface area (Å²) in [5, 5.41) is 12.3. The number of hydrogen-bond acceptors (Lipinski definition) is 4. The summed E-state index contributed by atoms with van der Waals surface area (Å²) >= 11 is 3.36. The summed E-state index contributed by atoms with van der Waals surface area (Å²) in [6, 6.07) is 15.5. The van der Waals surface area contributed by atoms with Crippen molar-refractivity contribution in [1.82, 2.24) is 10.6 Å². The first-order valence-corrected chi connectivity index (χ1v) is 10.3. The van der Waals surface area contributed by atoms with Crippen molar-refractivity contribution in [1.29, 1.82) is 0 Å². The SMILES string of the molecule is O=C(Nc1ccc(Br)cc1)NC(Cc1ccccc1)C(=O)NC1=NOCCCC1. The summed E-state index contributed by atoms with van der Waals surface area (Å²) in [7, 11) is 0. The highest BCUT2D eigenvalue weighted by Gasteiger charge is 2.23. The molecule has 0 bridgehead atoms. The summed E-state index contributed by atoms with van der Waals surface area (Å²) in [6.45, 7) is 0.542. The maximum absolute atomic E-state index is 12.9. The molecule has 1 heterocycles. The number of carbonyl (C=O) groups excluding carboxylic acids is 2. The molecule has 3 amide bonds. The van der Waals surface area contributed by atoms with Crippen molar-refractivity contribution in [3.8, 4) is 0 Å². The lowest BCUT2D eigenvalue weighted by atomic mass is 10.1. The second kappa shape index (κ2) is 10.6. The van der Waals surface area contributed by atoms with Crippen molar-refractivity contribution >= 4 is 39.4 Å². The van der Waals surface area contributed by atoms with E-state index in [1.165, 1.54) is 0 Å². The van der Waals surface area contributed by atoms with Gasteiger partial charge in [0, 0.05) is 23.0 Å². The molecule has 1 aliphatic heterocycles. The summed E-state index contributed by atoms with van der Waals surface area (Å²) in [5.74, 6) is 0.157. The average Bonchev–Trinajstić information content (AvgIpc) is 2.99. The van der Waals surface area contributed by atoms with E-state index in [0.29, 0.717) is 31.0 Å². The zero-order chi connectivity index (χ0) is 20.5. The lowest BCUT2D eigenvalue weighted by Crippen LogP contribution is -2.50. The van der Waals surface area contributed by atoms with Crippen LogP contribution in [0, 0.1) is 0 Å². The first kappa shape index (κ1) is 20.9. The Labute approximate surface area is 178 Å². The Morgan fingerprint density at radius 2 is 1.79 bits per heavy atom. The highest BCUT2D eigenvalue weighted by Crippen LogP contribution is 2.14. The second-order valence-electron chi connectivity index (χ2n) is 6.67. The largest absolute Gasteiger partial charge is 0.394 e. The van der Waals surface area contributed by atoms with E-state index >= 15 is 0 Å². The number of anilines is 1.